The zero-order valence-corrected chi connectivity index (χ0v) is 9.28. The third kappa shape index (κ3) is 1.94. The van der Waals surface area contributed by atoms with Gasteiger partial charge in [0.2, 0.25) is 0 Å². The predicted octanol–water partition coefficient (Wildman–Crippen LogP) is 2.27. The van der Waals surface area contributed by atoms with Gasteiger partial charge in [0.25, 0.3) is 0 Å². The Kier molecular flexibility index (Phi) is 2.60. The van der Waals surface area contributed by atoms with E-state index in [1.54, 1.807) is 10.9 Å². The Morgan fingerprint density at radius 3 is 2.80 bits per heavy atom. The number of hydrogen-bond donors (Lipinski definition) is 1. The lowest BCUT2D eigenvalue weighted by Gasteiger charge is -2.02. The average molecular weight is 223 g/mol. The van der Waals surface area contributed by atoms with Crippen molar-refractivity contribution < 1.29 is 0 Å². The maximum absolute atomic E-state index is 5.93. The van der Waals surface area contributed by atoms with Crippen molar-refractivity contribution in [2.24, 2.45) is 0 Å². The summed E-state index contributed by atoms with van der Waals surface area (Å²) in [5, 5.41) is 7.87. The first-order valence-electron chi connectivity index (χ1n) is 4.57. The fourth-order valence-electron chi connectivity index (χ4n) is 1.25. The van der Waals surface area contributed by atoms with Crippen LogP contribution >= 0.6 is 11.6 Å². The Morgan fingerprint density at radius 2 is 2.20 bits per heavy atom. The molecule has 0 aliphatic rings. The minimum atomic E-state index is 0.645. The van der Waals surface area contributed by atoms with Crippen LogP contribution in [0, 0.1) is 6.92 Å². The van der Waals surface area contributed by atoms with Crippen LogP contribution in [0.25, 0.3) is 5.82 Å². The molecule has 2 rings (SSSR count). The van der Waals surface area contributed by atoms with Crippen molar-refractivity contribution in [2.45, 2.75) is 6.92 Å². The highest BCUT2D eigenvalue weighted by Crippen LogP contribution is 2.15. The molecule has 0 saturated carbocycles. The Hall–Kier alpha value is -1.55. The van der Waals surface area contributed by atoms with Crippen LogP contribution in [0.1, 0.15) is 5.69 Å². The summed E-state index contributed by atoms with van der Waals surface area (Å²) in [6, 6.07) is 5.68. The topological polar surface area (TPSA) is 42.7 Å². The first kappa shape index (κ1) is 9.98. The van der Waals surface area contributed by atoms with Gasteiger partial charge in [0.1, 0.15) is 5.82 Å². The molecule has 2 aromatic heterocycles. The molecular weight excluding hydrogens is 212 g/mol. The predicted molar refractivity (Wildman–Crippen MR) is 60.7 cm³/mol. The van der Waals surface area contributed by atoms with E-state index in [-0.39, 0.29) is 0 Å². The van der Waals surface area contributed by atoms with Crippen molar-refractivity contribution in [1.82, 2.24) is 14.8 Å². The Balaban J connectivity index is 2.44. The third-order valence-corrected chi connectivity index (χ3v) is 2.44. The molecule has 0 aliphatic carbocycles. The molecular formula is C10H11ClN4. The van der Waals surface area contributed by atoms with Gasteiger partial charge in [-0.25, -0.2) is 9.67 Å². The molecule has 0 fully saturated rings. The van der Waals surface area contributed by atoms with Gasteiger partial charge in [0.05, 0.1) is 16.9 Å². The molecule has 0 aromatic carbocycles. The van der Waals surface area contributed by atoms with Crippen molar-refractivity contribution >= 4 is 17.4 Å². The third-order valence-electron chi connectivity index (χ3n) is 2.06. The minimum absolute atomic E-state index is 0.645. The maximum atomic E-state index is 5.93. The number of aryl methyl sites for hydroxylation is 1. The summed E-state index contributed by atoms with van der Waals surface area (Å²) in [6.45, 7) is 1.86. The molecule has 4 nitrogen and oxygen atoms in total. The number of nitrogens with one attached hydrogen (secondary N) is 1. The van der Waals surface area contributed by atoms with Gasteiger partial charge in [0, 0.05) is 7.05 Å². The number of nitrogens with zero attached hydrogens (tertiary/aromatic N) is 3. The van der Waals surface area contributed by atoms with Gasteiger partial charge in [-0.05, 0) is 19.1 Å². The second kappa shape index (κ2) is 3.90. The summed E-state index contributed by atoms with van der Waals surface area (Å²) in [6.07, 6.45) is 1.75. The van der Waals surface area contributed by atoms with E-state index < -0.39 is 0 Å². The first-order valence-corrected chi connectivity index (χ1v) is 4.95. The molecule has 15 heavy (non-hydrogen) atoms. The van der Waals surface area contributed by atoms with Crippen LogP contribution in [0.3, 0.4) is 0 Å². The zero-order valence-electron chi connectivity index (χ0n) is 8.53. The largest absolute Gasteiger partial charge is 0.373 e. The van der Waals surface area contributed by atoms with Crippen molar-refractivity contribution in [2.75, 3.05) is 12.4 Å². The fraction of sp³-hybridized carbons (Fsp3) is 0.200. The van der Waals surface area contributed by atoms with Crippen LogP contribution in [-0.2, 0) is 0 Å². The smallest absolute Gasteiger partial charge is 0.155 e. The van der Waals surface area contributed by atoms with Crippen LogP contribution in [0.4, 0.5) is 5.82 Å². The monoisotopic (exact) mass is 222 g/mol. The van der Waals surface area contributed by atoms with Crippen molar-refractivity contribution in [3.8, 4) is 5.82 Å². The number of anilines is 1. The lowest BCUT2D eigenvalue weighted by atomic mass is 10.4. The molecule has 0 bridgehead atoms. The van der Waals surface area contributed by atoms with Crippen molar-refractivity contribution in [3.63, 3.8) is 0 Å². The Labute approximate surface area is 92.9 Å². The summed E-state index contributed by atoms with van der Waals surface area (Å²) >= 11 is 5.93. The van der Waals surface area contributed by atoms with Crippen LogP contribution in [0.2, 0.25) is 5.02 Å². The van der Waals surface area contributed by atoms with Gasteiger partial charge in [-0.2, -0.15) is 5.10 Å². The number of rotatable bonds is 2. The summed E-state index contributed by atoms with van der Waals surface area (Å²) in [4.78, 5) is 4.35. The van der Waals surface area contributed by atoms with Gasteiger partial charge >= 0.3 is 0 Å². The molecule has 0 radical (unpaired) electrons. The molecule has 0 atom stereocenters. The van der Waals surface area contributed by atoms with Gasteiger partial charge in [-0.3, -0.25) is 0 Å². The highest BCUT2D eigenvalue weighted by molar-refractivity contribution is 6.31. The standard InChI is InChI=1S/C10H11ClN4/c1-7-8(11)6-15(14-7)10-5-3-4-9(12-2)13-10/h3-6H,1-2H3,(H,12,13). The molecule has 0 amide bonds. The maximum Gasteiger partial charge on any atom is 0.155 e. The van der Waals surface area contributed by atoms with Gasteiger partial charge in [-0.15, -0.1) is 0 Å². The first-order chi connectivity index (χ1) is 7.20. The van der Waals surface area contributed by atoms with Crippen molar-refractivity contribution in [3.05, 3.63) is 35.1 Å². The normalized spacial score (nSPS) is 10.3. The van der Waals surface area contributed by atoms with Crippen LogP contribution < -0.4 is 5.32 Å². The van der Waals surface area contributed by atoms with E-state index in [0.717, 1.165) is 17.3 Å². The molecule has 0 saturated heterocycles. The SMILES string of the molecule is CNc1cccc(-n2cc(Cl)c(C)n2)n1. The van der Waals surface area contributed by atoms with Gasteiger partial charge in [0.15, 0.2) is 5.82 Å². The molecule has 1 N–H and O–H groups in total. The zero-order chi connectivity index (χ0) is 10.8. The number of hydrogen-bond acceptors (Lipinski definition) is 3. The lowest BCUT2D eigenvalue weighted by molar-refractivity contribution is 0.833. The summed E-state index contributed by atoms with van der Waals surface area (Å²) in [5.74, 6) is 1.55. The van der Waals surface area contributed by atoms with Crippen LogP contribution in [0.5, 0.6) is 0 Å². The minimum Gasteiger partial charge on any atom is -0.373 e. The molecule has 0 aliphatic heterocycles. The second-order valence-electron chi connectivity index (χ2n) is 3.14. The number of pyridine rings is 1. The van der Waals surface area contributed by atoms with E-state index in [9.17, 15) is 0 Å². The Morgan fingerprint density at radius 1 is 1.40 bits per heavy atom. The fourth-order valence-corrected chi connectivity index (χ4v) is 1.38. The van der Waals surface area contributed by atoms with E-state index in [2.05, 4.69) is 15.4 Å². The molecule has 2 heterocycles. The quantitative estimate of drug-likeness (QED) is 0.848. The highest BCUT2D eigenvalue weighted by atomic mass is 35.5. The molecule has 0 unspecified atom stereocenters. The molecule has 78 valence electrons. The lowest BCUT2D eigenvalue weighted by Crippen LogP contribution is -2.00. The van der Waals surface area contributed by atoms with Gasteiger partial charge in [-0.1, -0.05) is 17.7 Å². The second-order valence-corrected chi connectivity index (χ2v) is 3.55. The summed E-state index contributed by atoms with van der Waals surface area (Å²) in [5.41, 5.74) is 0.799. The summed E-state index contributed by atoms with van der Waals surface area (Å²) < 4.78 is 1.67. The van der Waals surface area contributed by atoms with Crippen LogP contribution in [0.15, 0.2) is 24.4 Å². The van der Waals surface area contributed by atoms with E-state index in [1.807, 2.05) is 32.2 Å². The van der Waals surface area contributed by atoms with E-state index in [0.29, 0.717) is 5.02 Å². The van der Waals surface area contributed by atoms with E-state index >= 15 is 0 Å². The average Bonchev–Trinajstić information content (AvgIpc) is 2.59. The van der Waals surface area contributed by atoms with E-state index in [1.165, 1.54) is 0 Å². The molecule has 0 spiro atoms. The number of aromatic nitrogens is 3. The van der Waals surface area contributed by atoms with Crippen LogP contribution in [-0.4, -0.2) is 21.8 Å². The van der Waals surface area contributed by atoms with Gasteiger partial charge < -0.3 is 5.32 Å². The molecule has 2 aromatic rings. The van der Waals surface area contributed by atoms with Crippen molar-refractivity contribution in [1.29, 1.82) is 0 Å². The highest BCUT2D eigenvalue weighted by Gasteiger charge is 2.04. The number of halogens is 1. The molecule has 5 heteroatoms. The van der Waals surface area contributed by atoms with E-state index in [4.69, 9.17) is 11.6 Å². The Bertz CT molecular complexity index is 459. The summed E-state index contributed by atoms with van der Waals surface area (Å²) in [7, 11) is 1.83.